The molecular formula is C21H19ClN4O3. The first-order valence-corrected chi connectivity index (χ1v) is 9.44. The maximum absolute atomic E-state index is 13.0. The predicted molar refractivity (Wildman–Crippen MR) is 111 cm³/mol. The van der Waals surface area contributed by atoms with Gasteiger partial charge in [-0.15, -0.1) is 0 Å². The minimum atomic E-state index is -0.767. The Hall–Kier alpha value is -3.32. The summed E-state index contributed by atoms with van der Waals surface area (Å²) in [6, 6.07) is 13.6. The molecule has 0 fully saturated rings. The van der Waals surface area contributed by atoms with Crippen molar-refractivity contribution in [2.45, 2.75) is 19.4 Å². The zero-order valence-electron chi connectivity index (χ0n) is 15.9. The molecule has 1 unspecified atom stereocenters. The number of anilines is 2. The maximum atomic E-state index is 13.0. The monoisotopic (exact) mass is 410 g/mol. The SMILES string of the molecule is COc1cccc(NC(=O)C2CC(=O)Nc3c(C)c(-c4cccc(Cl)c4)nn32)c1. The number of methoxy groups -OCH3 is 1. The highest BCUT2D eigenvalue weighted by Crippen LogP contribution is 2.35. The number of benzene rings is 2. The van der Waals surface area contributed by atoms with Gasteiger partial charge in [-0.3, -0.25) is 9.59 Å². The summed E-state index contributed by atoms with van der Waals surface area (Å²) in [7, 11) is 1.56. The number of halogens is 1. The molecule has 2 heterocycles. The molecule has 4 rings (SSSR count). The van der Waals surface area contributed by atoms with Crippen molar-refractivity contribution < 1.29 is 14.3 Å². The molecule has 0 saturated carbocycles. The lowest BCUT2D eigenvalue weighted by molar-refractivity contribution is -0.125. The Morgan fingerprint density at radius 1 is 1.28 bits per heavy atom. The summed E-state index contributed by atoms with van der Waals surface area (Å²) >= 11 is 6.11. The molecule has 1 aliphatic rings. The molecule has 8 heteroatoms. The van der Waals surface area contributed by atoms with Crippen LogP contribution in [0.4, 0.5) is 11.5 Å². The molecule has 0 aliphatic carbocycles. The lowest BCUT2D eigenvalue weighted by Gasteiger charge is -2.24. The van der Waals surface area contributed by atoms with Gasteiger partial charge in [0.2, 0.25) is 11.8 Å². The summed E-state index contributed by atoms with van der Waals surface area (Å²) in [6.07, 6.45) is -0.00108. The Balaban J connectivity index is 1.69. The molecule has 0 bridgehead atoms. The number of fused-ring (bicyclic) bond motifs is 1. The van der Waals surface area contributed by atoms with Crippen LogP contribution in [-0.2, 0) is 9.59 Å². The second-order valence-corrected chi connectivity index (χ2v) is 7.20. The van der Waals surface area contributed by atoms with Crippen molar-refractivity contribution >= 4 is 34.9 Å². The van der Waals surface area contributed by atoms with Crippen molar-refractivity contribution in [3.8, 4) is 17.0 Å². The Morgan fingerprint density at radius 3 is 2.83 bits per heavy atom. The summed E-state index contributed by atoms with van der Waals surface area (Å²) in [5.41, 5.74) is 2.85. The molecule has 0 radical (unpaired) electrons. The minimum absolute atomic E-state index is 0.00108. The molecule has 3 aromatic rings. The highest BCUT2D eigenvalue weighted by atomic mass is 35.5. The molecule has 2 N–H and O–H groups in total. The number of hydrogen-bond donors (Lipinski definition) is 2. The minimum Gasteiger partial charge on any atom is -0.497 e. The quantitative estimate of drug-likeness (QED) is 0.679. The van der Waals surface area contributed by atoms with Crippen molar-refractivity contribution in [3.05, 3.63) is 59.1 Å². The largest absolute Gasteiger partial charge is 0.497 e. The van der Waals surface area contributed by atoms with Gasteiger partial charge in [0.1, 0.15) is 17.6 Å². The van der Waals surface area contributed by atoms with Gasteiger partial charge in [0.15, 0.2) is 0 Å². The summed E-state index contributed by atoms with van der Waals surface area (Å²) in [6.45, 7) is 1.86. The number of carbonyl (C=O) groups excluding carboxylic acids is 2. The number of amides is 2. The van der Waals surface area contributed by atoms with Crippen LogP contribution in [-0.4, -0.2) is 28.7 Å². The van der Waals surface area contributed by atoms with Crippen LogP contribution in [0.3, 0.4) is 0 Å². The number of hydrogen-bond acceptors (Lipinski definition) is 4. The van der Waals surface area contributed by atoms with Gasteiger partial charge >= 0.3 is 0 Å². The summed E-state index contributed by atoms with van der Waals surface area (Å²) in [5, 5.41) is 10.9. The van der Waals surface area contributed by atoms with E-state index in [1.165, 1.54) is 0 Å². The van der Waals surface area contributed by atoms with E-state index in [4.69, 9.17) is 16.3 Å². The third kappa shape index (κ3) is 3.69. The van der Waals surface area contributed by atoms with Gasteiger partial charge in [-0.1, -0.05) is 29.8 Å². The van der Waals surface area contributed by atoms with E-state index in [0.717, 1.165) is 11.1 Å². The standard InChI is InChI=1S/C21H19ClN4O3/c1-12-19(13-5-3-6-14(22)9-13)25-26-17(11-18(27)24-20(12)26)21(28)23-15-7-4-8-16(10-15)29-2/h3-10,17H,11H2,1-2H3,(H,23,28)(H,24,27). The zero-order valence-corrected chi connectivity index (χ0v) is 16.7. The summed E-state index contributed by atoms with van der Waals surface area (Å²) in [5.74, 6) is 0.587. The molecule has 29 heavy (non-hydrogen) atoms. The van der Waals surface area contributed by atoms with E-state index in [1.54, 1.807) is 48.2 Å². The molecule has 2 aromatic carbocycles. The van der Waals surface area contributed by atoms with Gasteiger partial charge in [0, 0.05) is 27.9 Å². The Morgan fingerprint density at radius 2 is 2.07 bits per heavy atom. The first kappa shape index (κ1) is 19.0. The van der Waals surface area contributed by atoms with Gasteiger partial charge < -0.3 is 15.4 Å². The van der Waals surface area contributed by atoms with Gasteiger partial charge in [0.05, 0.1) is 19.2 Å². The van der Waals surface area contributed by atoms with Crippen LogP contribution >= 0.6 is 11.6 Å². The van der Waals surface area contributed by atoms with Gasteiger partial charge in [-0.05, 0) is 31.2 Å². The van der Waals surface area contributed by atoms with Crippen LogP contribution in [0.5, 0.6) is 5.75 Å². The van der Waals surface area contributed by atoms with Crippen LogP contribution in [0.15, 0.2) is 48.5 Å². The van der Waals surface area contributed by atoms with Crippen molar-refractivity contribution in [1.29, 1.82) is 0 Å². The van der Waals surface area contributed by atoms with E-state index >= 15 is 0 Å². The third-order valence-corrected chi connectivity index (χ3v) is 5.05. The zero-order chi connectivity index (χ0) is 20.5. The second kappa shape index (κ2) is 7.60. The van der Waals surface area contributed by atoms with E-state index in [2.05, 4.69) is 15.7 Å². The van der Waals surface area contributed by atoms with E-state index in [0.29, 0.717) is 28.0 Å². The molecule has 7 nitrogen and oxygen atoms in total. The van der Waals surface area contributed by atoms with E-state index in [9.17, 15) is 9.59 Å². The van der Waals surface area contributed by atoms with Crippen LogP contribution in [0.2, 0.25) is 5.02 Å². The van der Waals surface area contributed by atoms with Crippen LogP contribution < -0.4 is 15.4 Å². The van der Waals surface area contributed by atoms with Crippen molar-refractivity contribution in [2.24, 2.45) is 0 Å². The lowest BCUT2D eigenvalue weighted by atomic mass is 10.1. The molecule has 0 spiro atoms. The fourth-order valence-electron chi connectivity index (χ4n) is 3.38. The average molecular weight is 411 g/mol. The number of carbonyl (C=O) groups is 2. The normalized spacial score (nSPS) is 15.4. The first-order valence-electron chi connectivity index (χ1n) is 9.06. The molecule has 2 amide bonds. The van der Waals surface area contributed by atoms with Crippen molar-refractivity contribution in [3.63, 3.8) is 0 Å². The maximum Gasteiger partial charge on any atom is 0.249 e. The Labute approximate surface area is 172 Å². The number of rotatable bonds is 4. The second-order valence-electron chi connectivity index (χ2n) is 6.77. The fourth-order valence-corrected chi connectivity index (χ4v) is 3.57. The highest BCUT2D eigenvalue weighted by Gasteiger charge is 2.34. The van der Waals surface area contributed by atoms with Crippen molar-refractivity contribution in [2.75, 3.05) is 17.7 Å². The molecule has 1 atom stereocenters. The highest BCUT2D eigenvalue weighted by molar-refractivity contribution is 6.30. The van der Waals surface area contributed by atoms with Crippen LogP contribution in [0, 0.1) is 6.92 Å². The first-order chi connectivity index (χ1) is 14.0. The molecule has 1 aliphatic heterocycles. The molecule has 0 saturated heterocycles. The Kier molecular flexibility index (Phi) is 4.98. The molecular weight excluding hydrogens is 392 g/mol. The van der Waals surface area contributed by atoms with Gasteiger partial charge in [-0.25, -0.2) is 4.68 Å². The molecule has 148 valence electrons. The topological polar surface area (TPSA) is 85.2 Å². The van der Waals surface area contributed by atoms with Gasteiger partial charge in [0.25, 0.3) is 0 Å². The number of nitrogens with zero attached hydrogens (tertiary/aromatic N) is 2. The van der Waals surface area contributed by atoms with E-state index in [1.807, 2.05) is 19.1 Å². The average Bonchev–Trinajstić information content (AvgIpc) is 3.04. The van der Waals surface area contributed by atoms with E-state index < -0.39 is 6.04 Å². The predicted octanol–water partition coefficient (Wildman–Crippen LogP) is 4.04. The summed E-state index contributed by atoms with van der Waals surface area (Å²) < 4.78 is 6.76. The summed E-state index contributed by atoms with van der Waals surface area (Å²) in [4.78, 5) is 25.2. The van der Waals surface area contributed by atoms with E-state index in [-0.39, 0.29) is 18.2 Å². The number of nitrogens with one attached hydrogen (secondary N) is 2. The molecule has 1 aromatic heterocycles. The lowest BCUT2D eigenvalue weighted by Crippen LogP contribution is -2.35. The van der Waals surface area contributed by atoms with Crippen molar-refractivity contribution in [1.82, 2.24) is 9.78 Å². The smallest absolute Gasteiger partial charge is 0.249 e. The third-order valence-electron chi connectivity index (χ3n) is 4.82. The number of ether oxygens (including phenoxy) is 1. The van der Waals surface area contributed by atoms with Crippen LogP contribution in [0.25, 0.3) is 11.3 Å². The van der Waals surface area contributed by atoms with Gasteiger partial charge in [-0.2, -0.15) is 5.10 Å². The fraction of sp³-hybridized carbons (Fsp3) is 0.190. The van der Waals surface area contributed by atoms with Crippen LogP contribution in [0.1, 0.15) is 18.0 Å². The number of aromatic nitrogens is 2. The Bertz CT molecular complexity index is 1110.